The van der Waals surface area contributed by atoms with Gasteiger partial charge in [-0.3, -0.25) is 9.59 Å². The predicted octanol–water partition coefficient (Wildman–Crippen LogP) is 2.97. The minimum Gasteiger partial charge on any atom is -0.481 e. The van der Waals surface area contributed by atoms with Crippen molar-refractivity contribution in [1.29, 1.82) is 0 Å². The molecule has 2 aromatic rings. The Kier molecular flexibility index (Phi) is 3.67. The Morgan fingerprint density at radius 2 is 0.955 bits per heavy atom. The van der Waals surface area contributed by atoms with Gasteiger partial charge in [-0.15, -0.1) is 0 Å². The van der Waals surface area contributed by atoms with Crippen molar-refractivity contribution in [2.24, 2.45) is 11.8 Å². The summed E-state index contributed by atoms with van der Waals surface area (Å²) in [6.07, 6.45) is 0. The van der Waals surface area contributed by atoms with Crippen LogP contribution in [0.15, 0.2) is 60.7 Å². The third-order valence-corrected chi connectivity index (χ3v) is 4.49. The van der Waals surface area contributed by atoms with E-state index in [0.29, 0.717) is 0 Å². The van der Waals surface area contributed by atoms with Crippen molar-refractivity contribution in [3.8, 4) is 0 Å². The molecule has 1 aliphatic rings. The van der Waals surface area contributed by atoms with Crippen molar-refractivity contribution in [3.63, 3.8) is 0 Å². The Hall–Kier alpha value is -2.62. The third kappa shape index (κ3) is 2.26. The van der Waals surface area contributed by atoms with Crippen LogP contribution >= 0.6 is 0 Å². The average Bonchev–Trinajstić information content (AvgIpc) is 2.47. The smallest absolute Gasteiger partial charge is 0.308 e. The molecule has 4 nitrogen and oxygen atoms in total. The normalized spacial score (nSPS) is 26.9. The highest BCUT2D eigenvalue weighted by atomic mass is 16.4. The van der Waals surface area contributed by atoms with Crippen LogP contribution in [0.25, 0.3) is 0 Å². The Labute approximate surface area is 128 Å². The zero-order chi connectivity index (χ0) is 15.7. The largest absolute Gasteiger partial charge is 0.481 e. The molecule has 0 saturated heterocycles. The van der Waals surface area contributed by atoms with E-state index >= 15 is 0 Å². The fourth-order valence-electron chi connectivity index (χ4n) is 3.54. The van der Waals surface area contributed by atoms with E-state index in [-0.39, 0.29) is 11.8 Å². The number of carboxylic acids is 2. The van der Waals surface area contributed by atoms with Crippen LogP contribution in [0.1, 0.15) is 23.0 Å². The van der Waals surface area contributed by atoms with E-state index in [1.807, 2.05) is 60.7 Å². The van der Waals surface area contributed by atoms with Crippen LogP contribution in [-0.2, 0) is 9.59 Å². The number of aliphatic carboxylic acids is 2. The summed E-state index contributed by atoms with van der Waals surface area (Å²) in [6, 6.07) is 18.6. The molecule has 2 aromatic carbocycles. The highest BCUT2D eigenvalue weighted by Crippen LogP contribution is 2.57. The van der Waals surface area contributed by atoms with Gasteiger partial charge in [0.2, 0.25) is 0 Å². The molecule has 1 aliphatic carbocycles. The van der Waals surface area contributed by atoms with E-state index in [9.17, 15) is 19.8 Å². The third-order valence-electron chi connectivity index (χ3n) is 4.49. The number of benzene rings is 2. The number of carboxylic acid groups (broad SMARTS) is 2. The molecule has 0 bridgehead atoms. The monoisotopic (exact) mass is 296 g/mol. The van der Waals surface area contributed by atoms with Crippen LogP contribution in [-0.4, -0.2) is 22.2 Å². The van der Waals surface area contributed by atoms with Gasteiger partial charge in [0.25, 0.3) is 0 Å². The Morgan fingerprint density at radius 1 is 0.636 bits per heavy atom. The summed E-state index contributed by atoms with van der Waals surface area (Å²) in [6.45, 7) is 0. The molecule has 0 aliphatic heterocycles. The van der Waals surface area contributed by atoms with E-state index in [1.54, 1.807) is 0 Å². The van der Waals surface area contributed by atoms with E-state index < -0.39 is 23.8 Å². The molecule has 0 unspecified atom stereocenters. The second-order valence-corrected chi connectivity index (χ2v) is 5.60. The van der Waals surface area contributed by atoms with Gasteiger partial charge in [-0.2, -0.15) is 0 Å². The number of hydrogen-bond donors (Lipinski definition) is 2. The topological polar surface area (TPSA) is 74.6 Å². The fraction of sp³-hybridized carbons (Fsp3) is 0.222. The van der Waals surface area contributed by atoms with Gasteiger partial charge >= 0.3 is 11.9 Å². The maximum atomic E-state index is 11.6. The zero-order valence-electron chi connectivity index (χ0n) is 11.8. The first kappa shape index (κ1) is 14.3. The minimum atomic E-state index is -1.05. The molecule has 0 aromatic heterocycles. The summed E-state index contributed by atoms with van der Waals surface area (Å²) in [5, 5.41) is 19.0. The van der Waals surface area contributed by atoms with Gasteiger partial charge in [0, 0.05) is 11.8 Å². The van der Waals surface area contributed by atoms with Crippen LogP contribution in [0.3, 0.4) is 0 Å². The molecule has 112 valence electrons. The van der Waals surface area contributed by atoms with Crippen LogP contribution < -0.4 is 0 Å². The van der Waals surface area contributed by atoms with Crippen molar-refractivity contribution in [2.75, 3.05) is 0 Å². The first-order valence-corrected chi connectivity index (χ1v) is 7.16. The number of carbonyl (C=O) groups is 2. The average molecular weight is 296 g/mol. The maximum Gasteiger partial charge on any atom is 0.308 e. The Balaban J connectivity index is 2.07. The highest BCUT2D eigenvalue weighted by molar-refractivity contribution is 5.85. The number of hydrogen-bond acceptors (Lipinski definition) is 2. The van der Waals surface area contributed by atoms with Crippen LogP contribution in [0.5, 0.6) is 0 Å². The summed E-state index contributed by atoms with van der Waals surface area (Å²) in [7, 11) is 0. The van der Waals surface area contributed by atoms with E-state index in [2.05, 4.69) is 0 Å². The Bertz CT molecular complexity index is 619. The summed E-state index contributed by atoms with van der Waals surface area (Å²) in [4.78, 5) is 23.2. The standard InChI is InChI=1S/C18H16O4/c19-17(20)15-13(11-7-3-1-4-8-11)14(16(15)18(21)22)12-9-5-2-6-10-12/h1-10,13-16H,(H,19,20)(H,21,22)/t13-,14-,15-,16-/m0/s1. The molecule has 22 heavy (non-hydrogen) atoms. The number of rotatable bonds is 4. The lowest BCUT2D eigenvalue weighted by molar-refractivity contribution is -0.164. The van der Waals surface area contributed by atoms with Crippen molar-refractivity contribution in [3.05, 3.63) is 71.8 Å². The highest BCUT2D eigenvalue weighted by Gasteiger charge is 2.58. The lowest BCUT2D eigenvalue weighted by atomic mass is 9.52. The lowest BCUT2D eigenvalue weighted by Crippen LogP contribution is -2.51. The second-order valence-electron chi connectivity index (χ2n) is 5.60. The van der Waals surface area contributed by atoms with Gasteiger partial charge in [-0.05, 0) is 11.1 Å². The van der Waals surface area contributed by atoms with Crippen molar-refractivity contribution >= 4 is 11.9 Å². The minimum absolute atomic E-state index is 0.317. The molecule has 1 fully saturated rings. The van der Waals surface area contributed by atoms with Crippen LogP contribution in [0.2, 0.25) is 0 Å². The van der Waals surface area contributed by atoms with Crippen molar-refractivity contribution < 1.29 is 19.8 Å². The predicted molar refractivity (Wildman–Crippen MR) is 80.6 cm³/mol. The van der Waals surface area contributed by atoms with Gasteiger partial charge < -0.3 is 10.2 Å². The fourth-order valence-corrected chi connectivity index (χ4v) is 3.54. The van der Waals surface area contributed by atoms with Gasteiger partial charge in [0.1, 0.15) is 0 Å². The van der Waals surface area contributed by atoms with E-state index in [0.717, 1.165) is 11.1 Å². The van der Waals surface area contributed by atoms with Gasteiger partial charge in [-0.1, -0.05) is 60.7 Å². The zero-order valence-corrected chi connectivity index (χ0v) is 11.8. The van der Waals surface area contributed by atoms with E-state index in [4.69, 9.17) is 0 Å². The summed E-state index contributed by atoms with van der Waals surface area (Å²) < 4.78 is 0. The first-order valence-electron chi connectivity index (χ1n) is 7.16. The van der Waals surface area contributed by atoms with Crippen LogP contribution in [0.4, 0.5) is 0 Å². The Morgan fingerprint density at radius 3 is 1.23 bits per heavy atom. The van der Waals surface area contributed by atoms with Crippen LogP contribution in [0, 0.1) is 11.8 Å². The molecular weight excluding hydrogens is 280 g/mol. The van der Waals surface area contributed by atoms with Gasteiger partial charge in [-0.25, -0.2) is 0 Å². The first-order chi connectivity index (χ1) is 10.6. The lowest BCUT2D eigenvalue weighted by Gasteiger charge is -2.48. The van der Waals surface area contributed by atoms with Crippen molar-refractivity contribution in [1.82, 2.24) is 0 Å². The molecule has 4 heteroatoms. The maximum absolute atomic E-state index is 11.6. The molecule has 3 rings (SSSR count). The molecule has 0 radical (unpaired) electrons. The summed E-state index contributed by atoms with van der Waals surface area (Å²) in [5.74, 6) is -4.53. The molecule has 2 N–H and O–H groups in total. The van der Waals surface area contributed by atoms with E-state index in [1.165, 1.54) is 0 Å². The molecule has 0 amide bonds. The SMILES string of the molecule is O=C(O)[C@@H]1[C@@H](C(=O)O)[C@@H](c2ccccc2)[C@@H]1c1ccccc1. The molecule has 1 saturated carbocycles. The molecule has 0 spiro atoms. The van der Waals surface area contributed by atoms with Gasteiger partial charge in [0.05, 0.1) is 11.8 Å². The van der Waals surface area contributed by atoms with Crippen molar-refractivity contribution in [2.45, 2.75) is 11.8 Å². The quantitative estimate of drug-likeness (QED) is 0.909. The molecule has 0 heterocycles. The summed E-state index contributed by atoms with van der Waals surface area (Å²) >= 11 is 0. The molecule has 4 atom stereocenters. The summed E-state index contributed by atoms with van der Waals surface area (Å²) in [5.41, 5.74) is 1.75. The molecular formula is C18H16O4. The van der Waals surface area contributed by atoms with Gasteiger partial charge in [0.15, 0.2) is 0 Å². The second kappa shape index (κ2) is 5.64.